The van der Waals surface area contributed by atoms with E-state index >= 15 is 0 Å². The molecule has 1 aromatic carbocycles. The summed E-state index contributed by atoms with van der Waals surface area (Å²) >= 11 is 5.19. The highest BCUT2D eigenvalue weighted by molar-refractivity contribution is 7.80. The van der Waals surface area contributed by atoms with Crippen LogP contribution in [0, 0.1) is 0 Å². The summed E-state index contributed by atoms with van der Waals surface area (Å²) < 4.78 is 5.38. The van der Waals surface area contributed by atoms with Crippen LogP contribution in [0.1, 0.15) is 44.6 Å². The molecule has 2 N–H and O–H groups in total. The molecular weight excluding hydrogens is 308 g/mol. The first-order chi connectivity index (χ1) is 11.2. The molecule has 0 heterocycles. The van der Waals surface area contributed by atoms with Crippen LogP contribution >= 0.6 is 12.2 Å². The third-order valence-corrected chi connectivity index (χ3v) is 4.02. The Morgan fingerprint density at radius 3 is 2.61 bits per heavy atom. The first kappa shape index (κ1) is 17.5. The highest BCUT2D eigenvalue weighted by Gasteiger charge is 2.14. The predicted molar refractivity (Wildman–Crippen MR) is 97.4 cm³/mol. The maximum atomic E-state index is 11.9. The SMILES string of the molecule is CCOc1ccc(/C=C/C(=O)NC(=S)NC2CCCCC2)cc1. The molecule has 1 amide bonds. The number of carbonyl (C=O) groups excluding carboxylic acids is 1. The number of rotatable bonds is 5. The number of hydrogen-bond donors (Lipinski definition) is 2. The van der Waals surface area contributed by atoms with E-state index in [1.807, 2.05) is 31.2 Å². The van der Waals surface area contributed by atoms with E-state index in [4.69, 9.17) is 17.0 Å². The molecule has 5 heteroatoms. The van der Waals surface area contributed by atoms with Crippen LogP contribution in [-0.2, 0) is 4.79 Å². The minimum absolute atomic E-state index is 0.216. The molecule has 0 radical (unpaired) electrons. The molecule has 0 bridgehead atoms. The van der Waals surface area contributed by atoms with Crippen LogP contribution in [0.4, 0.5) is 0 Å². The number of benzene rings is 1. The number of carbonyl (C=O) groups is 1. The zero-order chi connectivity index (χ0) is 16.5. The molecule has 124 valence electrons. The van der Waals surface area contributed by atoms with E-state index in [1.54, 1.807) is 6.08 Å². The summed E-state index contributed by atoms with van der Waals surface area (Å²) in [7, 11) is 0. The van der Waals surface area contributed by atoms with E-state index in [-0.39, 0.29) is 5.91 Å². The van der Waals surface area contributed by atoms with Crippen molar-refractivity contribution in [2.75, 3.05) is 6.61 Å². The maximum absolute atomic E-state index is 11.9. The monoisotopic (exact) mass is 332 g/mol. The molecule has 1 aromatic rings. The topological polar surface area (TPSA) is 50.4 Å². The minimum Gasteiger partial charge on any atom is -0.494 e. The van der Waals surface area contributed by atoms with Crippen LogP contribution in [0.3, 0.4) is 0 Å². The summed E-state index contributed by atoms with van der Waals surface area (Å²) in [6.45, 7) is 2.59. The molecule has 1 aliphatic rings. The predicted octanol–water partition coefficient (Wildman–Crippen LogP) is 3.42. The number of ether oxygens (including phenoxy) is 1. The quantitative estimate of drug-likeness (QED) is 0.641. The Bertz CT molecular complexity index is 549. The Kier molecular flexibility index (Phi) is 7.07. The van der Waals surface area contributed by atoms with Crippen LogP contribution in [0.25, 0.3) is 6.08 Å². The number of nitrogens with one attached hydrogen (secondary N) is 2. The molecule has 0 atom stereocenters. The lowest BCUT2D eigenvalue weighted by atomic mass is 9.96. The van der Waals surface area contributed by atoms with Crippen LogP contribution in [0.5, 0.6) is 5.75 Å². The minimum atomic E-state index is -0.216. The summed E-state index contributed by atoms with van der Waals surface area (Å²) in [5.41, 5.74) is 0.940. The summed E-state index contributed by atoms with van der Waals surface area (Å²) in [6.07, 6.45) is 9.24. The zero-order valence-corrected chi connectivity index (χ0v) is 14.3. The fourth-order valence-electron chi connectivity index (χ4n) is 2.64. The summed E-state index contributed by atoms with van der Waals surface area (Å²) in [6, 6.07) is 7.99. The van der Waals surface area contributed by atoms with Gasteiger partial charge in [0.1, 0.15) is 5.75 Å². The second-order valence-corrected chi connectivity index (χ2v) is 6.04. The molecule has 0 spiro atoms. The Morgan fingerprint density at radius 2 is 1.96 bits per heavy atom. The van der Waals surface area contributed by atoms with Crippen molar-refractivity contribution in [1.29, 1.82) is 0 Å². The molecule has 23 heavy (non-hydrogen) atoms. The summed E-state index contributed by atoms with van der Waals surface area (Å²) in [5, 5.41) is 6.33. The Balaban J connectivity index is 1.77. The molecule has 0 saturated heterocycles. The second-order valence-electron chi connectivity index (χ2n) is 5.63. The van der Waals surface area contributed by atoms with Crippen molar-refractivity contribution in [3.05, 3.63) is 35.9 Å². The van der Waals surface area contributed by atoms with Gasteiger partial charge in [-0.25, -0.2) is 0 Å². The van der Waals surface area contributed by atoms with Crippen LogP contribution in [-0.4, -0.2) is 23.7 Å². The van der Waals surface area contributed by atoms with Crippen molar-refractivity contribution in [1.82, 2.24) is 10.6 Å². The third kappa shape index (κ3) is 6.40. The average Bonchev–Trinajstić information content (AvgIpc) is 2.55. The largest absolute Gasteiger partial charge is 0.494 e. The Labute approximate surface area is 143 Å². The summed E-state index contributed by atoms with van der Waals surface area (Å²) in [5.74, 6) is 0.610. The van der Waals surface area contributed by atoms with E-state index in [0.717, 1.165) is 24.2 Å². The van der Waals surface area contributed by atoms with Gasteiger partial charge in [0.2, 0.25) is 5.91 Å². The maximum Gasteiger partial charge on any atom is 0.250 e. The second kappa shape index (κ2) is 9.30. The number of thiocarbonyl (C=S) groups is 1. The highest BCUT2D eigenvalue weighted by atomic mass is 32.1. The average molecular weight is 332 g/mol. The van der Waals surface area contributed by atoms with Crippen molar-refractivity contribution >= 4 is 29.3 Å². The van der Waals surface area contributed by atoms with Crippen molar-refractivity contribution in [3.63, 3.8) is 0 Å². The highest BCUT2D eigenvalue weighted by Crippen LogP contribution is 2.17. The van der Waals surface area contributed by atoms with E-state index < -0.39 is 0 Å². The molecule has 2 rings (SSSR count). The lowest BCUT2D eigenvalue weighted by molar-refractivity contribution is -0.115. The lowest BCUT2D eigenvalue weighted by Crippen LogP contribution is -2.44. The molecular formula is C18H24N2O2S. The van der Waals surface area contributed by atoms with E-state index in [0.29, 0.717) is 17.8 Å². The molecule has 0 aromatic heterocycles. The van der Waals surface area contributed by atoms with Gasteiger partial charge in [-0.1, -0.05) is 31.4 Å². The molecule has 1 saturated carbocycles. The Morgan fingerprint density at radius 1 is 1.26 bits per heavy atom. The normalized spacial score (nSPS) is 15.3. The van der Waals surface area contributed by atoms with E-state index in [2.05, 4.69) is 10.6 Å². The van der Waals surface area contributed by atoms with Gasteiger partial charge in [-0.3, -0.25) is 10.1 Å². The molecule has 0 aliphatic heterocycles. The van der Waals surface area contributed by atoms with Gasteiger partial charge in [0.15, 0.2) is 5.11 Å². The fraction of sp³-hybridized carbons (Fsp3) is 0.444. The van der Waals surface area contributed by atoms with Gasteiger partial charge in [-0.05, 0) is 55.8 Å². The van der Waals surface area contributed by atoms with Gasteiger partial charge in [0, 0.05) is 12.1 Å². The molecule has 4 nitrogen and oxygen atoms in total. The molecule has 0 unspecified atom stereocenters. The number of hydrogen-bond acceptors (Lipinski definition) is 3. The summed E-state index contributed by atoms with van der Waals surface area (Å²) in [4.78, 5) is 11.9. The van der Waals surface area contributed by atoms with Crippen LogP contribution in [0.15, 0.2) is 30.3 Å². The van der Waals surface area contributed by atoms with E-state index in [9.17, 15) is 4.79 Å². The van der Waals surface area contributed by atoms with Crippen molar-refractivity contribution < 1.29 is 9.53 Å². The molecule has 1 fully saturated rings. The van der Waals surface area contributed by atoms with Crippen molar-refractivity contribution in [2.24, 2.45) is 0 Å². The first-order valence-electron chi connectivity index (χ1n) is 8.20. The van der Waals surface area contributed by atoms with E-state index in [1.165, 1.54) is 25.3 Å². The van der Waals surface area contributed by atoms with Gasteiger partial charge in [0.25, 0.3) is 0 Å². The van der Waals surface area contributed by atoms with Crippen molar-refractivity contribution in [3.8, 4) is 5.75 Å². The standard InChI is InChI=1S/C18H24N2O2S/c1-2-22-16-11-8-14(9-12-16)10-13-17(21)20-18(23)19-15-6-4-3-5-7-15/h8-13,15H,2-7H2,1H3,(H2,19,20,21,23)/b13-10+. The first-order valence-corrected chi connectivity index (χ1v) is 8.60. The number of amides is 1. The van der Waals surface area contributed by atoms with Gasteiger partial charge >= 0.3 is 0 Å². The van der Waals surface area contributed by atoms with Crippen LogP contribution < -0.4 is 15.4 Å². The van der Waals surface area contributed by atoms with Gasteiger partial charge in [-0.2, -0.15) is 0 Å². The van der Waals surface area contributed by atoms with Crippen molar-refractivity contribution in [2.45, 2.75) is 45.1 Å². The fourth-order valence-corrected chi connectivity index (χ4v) is 2.90. The Hall–Kier alpha value is -1.88. The van der Waals surface area contributed by atoms with Crippen LogP contribution in [0.2, 0.25) is 0 Å². The smallest absolute Gasteiger partial charge is 0.250 e. The zero-order valence-electron chi connectivity index (χ0n) is 13.5. The lowest BCUT2D eigenvalue weighted by Gasteiger charge is -2.23. The van der Waals surface area contributed by atoms with Gasteiger partial charge in [0.05, 0.1) is 6.61 Å². The van der Waals surface area contributed by atoms with Gasteiger partial charge < -0.3 is 10.1 Å². The third-order valence-electron chi connectivity index (χ3n) is 3.80. The molecule has 1 aliphatic carbocycles. The van der Waals surface area contributed by atoms with Gasteiger partial charge in [-0.15, -0.1) is 0 Å².